The molecule has 51 heavy (non-hydrogen) atoms. The van der Waals surface area contributed by atoms with Crippen molar-refractivity contribution in [2.45, 2.75) is 0 Å². The van der Waals surface area contributed by atoms with E-state index in [-0.39, 0.29) is 0 Å². The molecule has 0 radical (unpaired) electrons. The Morgan fingerprint density at radius 1 is 0.314 bits per heavy atom. The normalized spacial score (nSPS) is 11.6. The molecule has 0 saturated heterocycles. The molecule has 240 valence electrons. The first-order valence-electron chi connectivity index (χ1n) is 16.7. The van der Waals surface area contributed by atoms with E-state index in [2.05, 4.69) is 125 Å². The summed E-state index contributed by atoms with van der Waals surface area (Å²) in [5, 5.41) is 4.27. The zero-order valence-electron chi connectivity index (χ0n) is 27.0. The van der Waals surface area contributed by atoms with Gasteiger partial charge in [-0.1, -0.05) is 125 Å². The molecule has 0 atom stereocenters. The van der Waals surface area contributed by atoms with Gasteiger partial charge in [-0.05, 0) is 70.8 Å². The van der Waals surface area contributed by atoms with Crippen molar-refractivity contribution in [2.24, 2.45) is 0 Å². The first kappa shape index (κ1) is 29.5. The summed E-state index contributed by atoms with van der Waals surface area (Å²) in [6.45, 7) is 0. The number of hydrogen-bond donors (Lipinski definition) is 0. The van der Waals surface area contributed by atoms with Crippen LogP contribution in [0.5, 0.6) is 0 Å². The van der Waals surface area contributed by atoms with E-state index in [4.69, 9.17) is 23.8 Å². The van der Waals surface area contributed by atoms with Gasteiger partial charge in [0, 0.05) is 42.7 Å². The van der Waals surface area contributed by atoms with Crippen molar-refractivity contribution in [1.82, 2.24) is 15.0 Å². The fraction of sp³-hybridized carbons (Fsp3) is 0. The van der Waals surface area contributed by atoms with Crippen molar-refractivity contribution in [2.75, 3.05) is 0 Å². The molecule has 7 aromatic carbocycles. The lowest BCUT2D eigenvalue weighted by atomic mass is 9.99. The number of para-hydroxylation sites is 2. The fourth-order valence-corrected chi connectivity index (χ4v) is 7.07. The standard InChI is InChI=1S/C45H26BrN3O2/c46-34-21-17-30(18-22-34)28-11-9-27(10-12-28)29-13-15-31(16-14-29)43-47-44(32-19-23-37-35-5-1-3-7-39(35)50-41(37)25-32)49-45(48-43)33-20-24-38-36-6-2-4-8-40(36)51-42(38)26-33/h1-26H. The molecular formula is C45H26BrN3O2. The van der Waals surface area contributed by atoms with Gasteiger partial charge < -0.3 is 8.83 Å². The second-order valence-electron chi connectivity index (χ2n) is 12.6. The monoisotopic (exact) mass is 719 g/mol. The van der Waals surface area contributed by atoms with Crippen molar-refractivity contribution in [3.05, 3.63) is 162 Å². The second kappa shape index (κ2) is 11.9. The maximum atomic E-state index is 6.23. The van der Waals surface area contributed by atoms with Crippen LogP contribution in [0.15, 0.2) is 171 Å². The topological polar surface area (TPSA) is 65.0 Å². The van der Waals surface area contributed by atoms with Gasteiger partial charge in [0.1, 0.15) is 22.3 Å². The zero-order chi connectivity index (χ0) is 33.9. The third-order valence-corrected chi connectivity index (χ3v) is 9.98. The van der Waals surface area contributed by atoms with Gasteiger partial charge in [0.05, 0.1) is 0 Å². The van der Waals surface area contributed by atoms with Gasteiger partial charge in [0.15, 0.2) is 17.5 Å². The van der Waals surface area contributed by atoms with Crippen molar-refractivity contribution in [1.29, 1.82) is 0 Å². The molecule has 0 unspecified atom stereocenters. The molecular weight excluding hydrogens is 694 g/mol. The van der Waals surface area contributed by atoms with E-state index in [1.807, 2.05) is 48.5 Å². The maximum absolute atomic E-state index is 6.23. The van der Waals surface area contributed by atoms with E-state index in [1.54, 1.807) is 0 Å². The Hall–Kier alpha value is -6.37. The number of furan rings is 2. The highest BCUT2D eigenvalue weighted by Crippen LogP contribution is 2.35. The molecule has 0 amide bonds. The summed E-state index contributed by atoms with van der Waals surface area (Å²) in [6, 6.07) is 53.9. The first-order chi connectivity index (χ1) is 25.1. The van der Waals surface area contributed by atoms with Crippen LogP contribution < -0.4 is 0 Å². The highest BCUT2D eigenvalue weighted by atomic mass is 79.9. The molecule has 0 aliphatic heterocycles. The van der Waals surface area contributed by atoms with Crippen LogP contribution in [0.1, 0.15) is 0 Å². The molecule has 0 N–H and O–H groups in total. The van der Waals surface area contributed by atoms with Crippen LogP contribution in [-0.2, 0) is 0 Å². The van der Waals surface area contributed by atoms with Gasteiger partial charge in [0.25, 0.3) is 0 Å². The molecule has 10 rings (SSSR count). The lowest BCUT2D eigenvalue weighted by Crippen LogP contribution is -2.00. The highest BCUT2D eigenvalue weighted by molar-refractivity contribution is 9.10. The number of benzene rings is 7. The molecule has 6 heteroatoms. The van der Waals surface area contributed by atoms with Crippen LogP contribution in [0.3, 0.4) is 0 Å². The van der Waals surface area contributed by atoms with E-state index >= 15 is 0 Å². The lowest BCUT2D eigenvalue weighted by Gasteiger charge is -2.10. The van der Waals surface area contributed by atoms with Crippen molar-refractivity contribution in [3.63, 3.8) is 0 Å². The predicted octanol–water partition coefficient (Wildman–Crippen LogP) is 12.8. The Labute approximate surface area is 301 Å². The Morgan fingerprint density at radius 3 is 1.10 bits per heavy atom. The molecule has 0 fully saturated rings. The van der Waals surface area contributed by atoms with Crippen LogP contribution in [0, 0.1) is 0 Å². The highest BCUT2D eigenvalue weighted by Gasteiger charge is 2.16. The van der Waals surface area contributed by atoms with Crippen LogP contribution in [0.4, 0.5) is 0 Å². The van der Waals surface area contributed by atoms with Gasteiger partial charge in [0.2, 0.25) is 0 Å². The second-order valence-corrected chi connectivity index (χ2v) is 13.5. The van der Waals surface area contributed by atoms with Gasteiger partial charge in [-0.25, -0.2) is 15.0 Å². The van der Waals surface area contributed by atoms with Crippen LogP contribution in [0.25, 0.3) is 100 Å². The SMILES string of the molecule is Brc1ccc(-c2ccc(-c3ccc(-c4nc(-c5ccc6c(c5)oc5ccccc56)nc(-c5ccc6c(c5)oc5ccccc56)n4)cc3)cc2)cc1. The Balaban J connectivity index is 1.06. The summed E-state index contributed by atoms with van der Waals surface area (Å²) in [5.74, 6) is 1.71. The lowest BCUT2D eigenvalue weighted by molar-refractivity contribution is 0.668. The summed E-state index contributed by atoms with van der Waals surface area (Å²) < 4.78 is 13.5. The number of hydrogen-bond acceptors (Lipinski definition) is 5. The van der Waals surface area contributed by atoms with Gasteiger partial charge in [-0.2, -0.15) is 0 Å². The Morgan fingerprint density at radius 2 is 0.647 bits per heavy atom. The van der Waals surface area contributed by atoms with E-state index in [0.717, 1.165) is 76.2 Å². The van der Waals surface area contributed by atoms with Crippen molar-refractivity contribution in [3.8, 4) is 56.4 Å². The summed E-state index contributed by atoms with van der Waals surface area (Å²) in [6.07, 6.45) is 0. The van der Waals surface area contributed by atoms with E-state index in [1.165, 1.54) is 11.1 Å². The number of fused-ring (bicyclic) bond motifs is 6. The molecule has 5 nitrogen and oxygen atoms in total. The van der Waals surface area contributed by atoms with Crippen LogP contribution in [0.2, 0.25) is 0 Å². The molecule has 0 aliphatic rings. The average Bonchev–Trinajstić information content (AvgIpc) is 3.76. The summed E-state index contributed by atoms with van der Waals surface area (Å²) >= 11 is 3.52. The Kier molecular flexibility index (Phi) is 6.89. The molecule has 3 aromatic heterocycles. The van der Waals surface area contributed by atoms with E-state index in [9.17, 15) is 0 Å². The predicted molar refractivity (Wildman–Crippen MR) is 209 cm³/mol. The minimum atomic E-state index is 0.565. The molecule has 0 bridgehead atoms. The molecule has 3 heterocycles. The molecule has 0 aliphatic carbocycles. The number of aromatic nitrogens is 3. The van der Waals surface area contributed by atoms with E-state index in [0.29, 0.717) is 17.5 Å². The quantitative estimate of drug-likeness (QED) is 0.177. The van der Waals surface area contributed by atoms with Gasteiger partial charge in [-0.15, -0.1) is 0 Å². The molecule has 0 saturated carbocycles. The smallest absolute Gasteiger partial charge is 0.164 e. The van der Waals surface area contributed by atoms with E-state index < -0.39 is 0 Å². The number of halogens is 1. The van der Waals surface area contributed by atoms with Gasteiger partial charge >= 0.3 is 0 Å². The third-order valence-electron chi connectivity index (χ3n) is 9.45. The zero-order valence-corrected chi connectivity index (χ0v) is 28.6. The summed E-state index contributed by atoms with van der Waals surface area (Å²) in [4.78, 5) is 15.1. The molecule has 0 spiro atoms. The van der Waals surface area contributed by atoms with Crippen LogP contribution in [-0.4, -0.2) is 15.0 Å². The van der Waals surface area contributed by atoms with Crippen LogP contribution >= 0.6 is 15.9 Å². The first-order valence-corrected chi connectivity index (χ1v) is 17.5. The fourth-order valence-electron chi connectivity index (χ4n) is 6.80. The third kappa shape index (κ3) is 5.28. The van der Waals surface area contributed by atoms with Gasteiger partial charge in [-0.3, -0.25) is 0 Å². The summed E-state index contributed by atoms with van der Waals surface area (Å²) in [7, 11) is 0. The minimum absolute atomic E-state index is 0.565. The molecule has 10 aromatic rings. The maximum Gasteiger partial charge on any atom is 0.164 e. The average molecular weight is 721 g/mol. The number of nitrogens with zero attached hydrogens (tertiary/aromatic N) is 3. The minimum Gasteiger partial charge on any atom is -0.456 e. The van der Waals surface area contributed by atoms with Crippen molar-refractivity contribution < 1.29 is 8.83 Å². The Bertz CT molecular complexity index is 2780. The summed E-state index contributed by atoms with van der Waals surface area (Å²) in [5.41, 5.74) is 10.5. The van der Waals surface area contributed by atoms with Crippen molar-refractivity contribution >= 4 is 59.8 Å². The number of rotatable bonds is 5. The largest absolute Gasteiger partial charge is 0.456 e.